The Labute approximate surface area is 194 Å². The Morgan fingerprint density at radius 1 is 0.971 bits per heavy atom. The van der Waals surface area contributed by atoms with E-state index >= 15 is 0 Å². The highest BCUT2D eigenvalue weighted by atomic mass is 19.4. The Balaban J connectivity index is 1.43. The Morgan fingerprint density at radius 3 is 2.43 bits per heavy atom. The van der Waals surface area contributed by atoms with Crippen LogP contribution < -0.4 is 5.32 Å². The van der Waals surface area contributed by atoms with Crippen molar-refractivity contribution in [3.05, 3.63) is 95.8 Å². The third kappa shape index (κ3) is 4.71. The first kappa shape index (κ1) is 22.2. The molecule has 0 saturated heterocycles. The van der Waals surface area contributed by atoms with Gasteiger partial charge in [0, 0.05) is 11.6 Å². The third-order valence-corrected chi connectivity index (χ3v) is 5.04. The van der Waals surface area contributed by atoms with Gasteiger partial charge in [-0.05, 0) is 35.9 Å². The van der Waals surface area contributed by atoms with E-state index in [1.807, 2.05) is 30.3 Å². The summed E-state index contributed by atoms with van der Waals surface area (Å²) in [4.78, 5) is 20.9. The normalized spacial score (nSPS) is 11.7. The Hall–Kier alpha value is -4.61. The van der Waals surface area contributed by atoms with Gasteiger partial charge in [0.1, 0.15) is 12.1 Å². The van der Waals surface area contributed by atoms with Crippen molar-refractivity contribution in [3.63, 3.8) is 0 Å². The number of carbonyl (C=O) groups excluding carboxylic acids is 1. The standard InChI is InChI=1S/C23H15F4N7O/c24-16-8-6-15(7-9-16)17-10-19(23(25,26)27)34-20(29-17)11-18(31-34)21(35)30-22-28-13-33(32-22)12-14-4-2-1-3-5-14/h1-11,13H,12H2,(H,30,32,35). The lowest BCUT2D eigenvalue weighted by atomic mass is 10.1. The van der Waals surface area contributed by atoms with Crippen LogP contribution in [-0.2, 0) is 12.7 Å². The molecule has 0 aliphatic rings. The molecule has 0 spiro atoms. The lowest BCUT2D eigenvalue weighted by Crippen LogP contribution is -2.16. The molecule has 8 nitrogen and oxygen atoms in total. The Bertz CT molecular complexity index is 1510. The van der Waals surface area contributed by atoms with Gasteiger partial charge in [-0.15, -0.1) is 5.10 Å². The van der Waals surface area contributed by atoms with E-state index in [0.29, 0.717) is 11.1 Å². The second kappa shape index (κ2) is 8.63. The van der Waals surface area contributed by atoms with Crippen LogP contribution >= 0.6 is 0 Å². The largest absolute Gasteiger partial charge is 0.433 e. The fourth-order valence-corrected chi connectivity index (χ4v) is 3.42. The predicted molar refractivity (Wildman–Crippen MR) is 117 cm³/mol. The Kier molecular flexibility index (Phi) is 5.47. The van der Waals surface area contributed by atoms with Crippen LogP contribution in [0.5, 0.6) is 0 Å². The first-order valence-electron chi connectivity index (χ1n) is 10.2. The average Bonchev–Trinajstić information content (AvgIpc) is 3.45. The Morgan fingerprint density at radius 2 is 1.71 bits per heavy atom. The van der Waals surface area contributed by atoms with Crippen molar-refractivity contribution >= 4 is 17.5 Å². The summed E-state index contributed by atoms with van der Waals surface area (Å²) < 4.78 is 56.5. The van der Waals surface area contributed by atoms with E-state index in [-0.39, 0.29) is 28.5 Å². The number of nitrogens with one attached hydrogen (secondary N) is 1. The number of rotatable bonds is 5. The molecule has 12 heteroatoms. The summed E-state index contributed by atoms with van der Waals surface area (Å²) in [7, 11) is 0. The lowest BCUT2D eigenvalue weighted by Gasteiger charge is -2.11. The molecule has 0 atom stereocenters. The molecule has 0 unspecified atom stereocenters. The fraction of sp³-hybridized carbons (Fsp3) is 0.0870. The van der Waals surface area contributed by atoms with Gasteiger partial charge in [0.15, 0.2) is 17.0 Å². The molecule has 0 saturated carbocycles. The number of carbonyl (C=O) groups is 1. The smallest absolute Gasteiger partial charge is 0.288 e. The van der Waals surface area contributed by atoms with Gasteiger partial charge in [-0.1, -0.05) is 30.3 Å². The SMILES string of the molecule is O=C(Nc1ncn(Cc2ccccc2)n1)c1cc2nc(-c3ccc(F)cc3)cc(C(F)(F)F)n2n1. The van der Waals surface area contributed by atoms with Gasteiger partial charge in [0.05, 0.1) is 12.2 Å². The molecule has 1 amide bonds. The number of benzene rings is 2. The molecule has 5 rings (SSSR count). The van der Waals surface area contributed by atoms with E-state index in [1.54, 1.807) is 0 Å². The maximum absolute atomic E-state index is 13.7. The van der Waals surface area contributed by atoms with Crippen LogP contribution in [0.3, 0.4) is 0 Å². The van der Waals surface area contributed by atoms with E-state index in [2.05, 4.69) is 25.5 Å². The van der Waals surface area contributed by atoms with Crippen molar-refractivity contribution in [2.24, 2.45) is 0 Å². The molecule has 1 N–H and O–H groups in total. The summed E-state index contributed by atoms with van der Waals surface area (Å²) in [5.74, 6) is -1.36. The van der Waals surface area contributed by atoms with Crippen molar-refractivity contribution < 1.29 is 22.4 Å². The van der Waals surface area contributed by atoms with Crippen LogP contribution in [0.2, 0.25) is 0 Å². The molecule has 0 bridgehead atoms. The minimum atomic E-state index is -4.78. The summed E-state index contributed by atoms with van der Waals surface area (Å²) in [5.41, 5.74) is -0.437. The molecule has 176 valence electrons. The summed E-state index contributed by atoms with van der Waals surface area (Å²) in [5, 5.41) is 10.4. The van der Waals surface area contributed by atoms with Crippen LogP contribution in [0, 0.1) is 5.82 Å². The number of halogens is 4. The highest BCUT2D eigenvalue weighted by molar-refractivity contribution is 6.02. The summed E-state index contributed by atoms with van der Waals surface area (Å²) in [6, 6.07) is 16.2. The molecular weight excluding hydrogens is 466 g/mol. The quantitative estimate of drug-likeness (QED) is 0.375. The lowest BCUT2D eigenvalue weighted by molar-refractivity contribution is -0.142. The monoisotopic (exact) mass is 481 g/mol. The van der Waals surface area contributed by atoms with Gasteiger partial charge in [-0.2, -0.15) is 18.3 Å². The number of hydrogen-bond donors (Lipinski definition) is 1. The second-order valence-electron chi connectivity index (χ2n) is 7.54. The summed E-state index contributed by atoms with van der Waals surface area (Å²) >= 11 is 0. The van der Waals surface area contributed by atoms with Gasteiger partial charge in [0.25, 0.3) is 5.91 Å². The number of hydrogen-bond acceptors (Lipinski definition) is 5. The van der Waals surface area contributed by atoms with Crippen molar-refractivity contribution in [3.8, 4) is 11.3 Å². The van der Waals surface area contributed by atoms with Gasteiger partial charge in [-0.25, -0.2) is 23.6 Å². The molecule has 3 aromatic heterocycles. The predicted octanol–water partition coefficient (Wildman–Crippen LogP) is 4.45. The van der Waals surface area contributed by atoms with Crippen molar-refractivity contribution in [2.45, 2.75) is 12.7 Å². The van der Waals surface area contributed by atoms with Crippen LogP contribution in [-0.4, -0.2) is 35.3 Å². The number of anilines is 1. The first-order valence-corrected chi connectivity index (χ1v) is 10.2. The zero-order valence-electron chi connectivity index (χ0n) is 17.7. The maximum Gasteiger partial charge on any atom is 0.433 e. The molecule has 3 heterocycles. The molecule has 2 aromatic carbocycles. The number of aromatic nitrogens is 6. The molecule has 35 heavy (non-hydrogen) atoms. The summed E-state index contributed by atoms with van der Waals surface area (Å²) in [6.07, 6.45) is -3.36. The van der Waals surface area contributed by atoms with E-state index in [0.717, 1.165) is 29.8 Å². The van der Waals surface area contributed by atoms with E-state index in [4.69, 9.17) is 0 Å². The van der Waals surface area contributed by atoms with E-state index in [1.165, 1.54) is 23.1 Å². The van der Waals surface area contributed by atoms with Crippen LogP contribution in [0.15, 0.2) is 73.1 Å². The first-order chi connectivity index (χ1) is 16.8. The highest BCUT2D eigenvalue weighted by Crippen LogP contribution is 2.32. The number of amides is 1. The zero-order chi connectivity index (χ0) is 24.6. The zero-order valence-corrected chi connectivity index (χ0v) is 17.7. The number of alkyl halides is 3. The van der Waals surface area contributed by atoms with E-state index < -0.39 is 23.6 Å². The van der Waals surface area contributed by atoms with Gasteiger partial charge < -0.3 is 0 Å². The minimum Gasteiger partial charge on any atom is -0.288 e. The molecule has 5 aromatic rings. The maximum atomic E-state index is 13.7. The van der Waals surface area contributed by atoms with Crippen LogP contribution in [0.25, 0.3) is 16.9 Å². The third-order valence-electron chi connectivity index (χ3n) is 5.04. The van der Waals surface area contributed by atoms with Crippen LogP contribution in [0.4, 0.5) is 23.5 Å². The molecule has 0 fully saturated rings. The van der Waals surface area contributed by atoms with Gasteiger partial charge in [-0.3, -0.25) is 10.1 Å². The molecule has 0 radical (unpaired) electrons. The number of nitrogens with zero attached hydrogens (tertiary/aromatic N) is 6. The molecule has 0 aliphatic heterocycles. The second-order valence-corrected chi connectivity index (χ2v) is 7.54. The topological polar surface area (TPSA) is 90.0 Å². The molecular formula is C23H15F4N7O. The van der Waals surface area contributed by atoms with Gasteiger partial charge >= 0.3 is 6.18 Å². The minimum absolute atomic E-state index is 0.0287. The average molecular weight is 481 g/mol. The fourth-order valence-electron chi connectivity index (χ4n) is 3.42. The van der Waals surface area contributed by atoms with Crippen molar-refractivity contribution in [2.75, 3.05) is 5.32 Å². The van der Waals surface area contributed by atoms with Crippen molar-refractivity contribution in [1.82, 2.24) is 29.4 Å². The van der Waals surface area contributed by atoms with E-state index in [9.17, 15) is 22.4 Å². The molecule has 0 aliphatic carbocycles. The highest BCUT2D eigenvalue weighted by Gasteiger charge is 2.35. The van der Waals surface area contributed by atoms with Crippen molar-refractivity contribution in [1.29, 1.82) is 0 Å². The summed E-state index contributed by atoms with van der Waals surface area (Å²) in [6.45, 7) is 0.420. The van der Waals surface area contributed by atoms with Gasteiger partial charge in [0.2, 0.25) is 5.95 Å². The van der Waals surface area contributed by atoms with Crippen LogP contribution in [0.1, 0.15) is 21.7 Å². The number of fused-ring (bicyclic) bond motifs is 1.